The van der Waals surface area contributed by atoms with E-state index < -0.39 is 10.0 Å². The van der Waals surface area contributed by atoms with Crippen LogP contribution < -0.4 is 0 Å². The average Bonchev–Trinajstić information content (AvgIpc) is 3.34. The molecule has 190 valence electrons. The lowest BCUT2D eigenvalue weighted by atomic mass is 10.1. The molecule has 0 unspecified atom stereocenters. The molecule has 0 fully saturated rings. The number of benzene rings is 1. The lowest BCUT2D eigenvalue weighted by Crippen LogP contribution is -2.43. The number of hydrogen-bond donors (Lipinski definition) is 0. The Bertz CT molecular complexity index is 901. The predicted molar refractivity (Wildman–Crippen MR) is 135 cm³/mol. The summed E-state index contributed by atoms with van der Waals surface area (Å²) in [7, 11) is -1.96. The molecule has 0 bridgehead atoms. The van der Waals surface area contributed by atoms with Crippen molar-refractivity contribution in [2.24, 2.45) is 0 Å². The molecule has 0 aliphatic rings. The number of sulfonamides is 1. The maximum Gasteiger partial charge on any atom is 0.238 e. The number of nitrogens with zero attached hydrogens (tertiary/aromatic N) is 2. The number of rotatable bonds is 18. The van der Waals surface area contributed by atoms with Gasteiger partial charge in [-0.3, -0.25) is 4.79 Å². The summed E-state index contributed by atoms with van der Waals surface area (Å²) in [6.45, 7) is 3.34. The summed E-state index contributed by atoms with van der Waals surface area (Å²) >= 11 is 0. The fourth-order valence-corrected chi connectivity index (χ4v) is 5.31. The molecular formula is C26H40N2O5S. The zero-order valence-corrected chi connectivity index (χ0v) is 21.5. The minimum atomic E-state index is -3.55. The Morgan fingerprint density at radius 3 is 2.35 bits per heavy atom. The topological polar surface area (TPSA) is 80.1 Å². The maximum atomic E-state index is 13.4. The van der Waals surface area contributed by atoms with E-state index in [1.54, 1.807) is 24.3 Å². The van der Waals surface area contributed by atoms with Gasteiger partial charge in [0.2, 0.25) is 15.9 Å². The van der Waals surface area contributed by atoms with E-state index in [9.17, 15) is 13.2 Å². The van der Waals surface area contributed by atoms with Gasteiger partial charge in [0.25, 0.3) is 0 Å². The van der Waals surface area contributed by atoms with Gasteiger partial charge in [-0.2, -0.15) is 4.31 Å². The number of ether oxygens (including phenoxy) is 1. The third-order valence-electron chi connectivity index (χ3n) is 5.71. The highest BCUT2D eigenvalue weighted by Gasteiger charge is 2.27. The molecule has 8 heteroatoms. The number of hydrogen-bond acceptors (Lipinski definition) is 5. The molecule has 7 nitrogen and oxygen atoms in total. The van der Waals surface area contributed by atoms with E-state index in [1.165, 1.54) is 10.7 Å². The summed E-state index contributed by atoms with van der Waals surface area (Å²) in [5.41, 5.74) is 0.975. The normalized spacial score (nSPS) is 11.7. The summed E-state index contributed by atoms with van der Waals surface area (Å²) in [6, 6.07) is 13.3. The molecule has 34 heavy (non-hydrogen) atoms. The third-order valence-corrected chi connectivity index (χ3v) is 7.62. The van der Waals surface area contributed by atoms with Crippen molar-refractivity contribution in [3.63, 3.8) is 0 Å². The second-order valence-corrected chi connectivity index (χ2v) is 10.7. The first-order valence-corrected chi connectivity index (χ1v) is 13.9. The lowest BCUT2D eigenvalue weighted by Gasteiger charge is -2.27. The number of unbranched alkanes of at least 4 members (excludes halogenated alkanes) is 5. The van der Waals surface area contributed by atoms with E-state index in [1.807, 2.05) is 36.4 Å². The lowest BCUT2D eigenvalue weighted by molar-refractivity contribution is -0.133. The van der Waals surface area contributed by atoms with E-state index in [-0.39, 0.29) is 31.3 Å². The van der Waals surface area contributed by atoms with Crippen LogP contribution in [-0.4, -0.2) is 56.1 Å². The van der Waals surface area contributed by atoms with Crippen LogP contribution in [0, 0.1) is 0 Å². The van der Waals surface area contributed by atoms with Crippen LogP contribution in [0.15, 0.2) is 53.1 Å². The summed E-state index contributed by atoms with van der Waals surface area (Å²) in [5.74, 6) is 0.477. The molecule has 1 heterocycles. The van der Waals surface area contributed by atoms with Gasteiger partial charge in [-0.1, -0.05) is 69.4 Å². The Labute approximate surface area is 205 Å². The number of furan rings is 1. The van der Waals surface area contributed by atoms with Gasteiger partial charge in [0.15, 0.2) is 0 Å². The predicted octanol–water partition coefficient (Wildman–Crippen LogP) is 4.84. The van der Waals surface area contributed by atoms with Crippen molar-refractivity contribution >= 4 is 15.9 Å². The zero-order chi connectivity index (χ0) is 24.7. The quantitative estimate of drug-likeness (QED) is 0.278. The Balaban J connectivity index is 2.07. The molecule has 0 N–H and O–H groups in total. The fraction of sp³-hybridized carbons (Fsp3) is 0.577. The van der Waals surface area contributed by atoms with Gasteiger partial charge >= 0.3 is 0 Å². The second-order valence-electron chi connectivity index (χ2n) is 8.58. The van der Waals surface area contributed by atoms with E-state index >= 15 is 0 Å². The van der Waals surface area contributed by atoms with Gasteiger partial charge in [-0.05, 0) is 30.5 Å². The maximum absolute atomic E-state index is 13.4. The SMILES string of the molecule is CCCCCCCCS(=O)(=O)N(CCCOC)CC(=O)N(Cc1ccccc1)Cc1ccco1. The van der Waals surface area contributed by atoms with Crippen molar-refractivity contribution in [1.82, 2.24) is 9.21 Å². The van der Waals surface area contributed by atoms with Crippen LogP contribution in [0.4, 0.5) is 0 Å². The van der Waals surface area contributed by atoms with Gasteiger partial charge in [-0.15, -0.1) is 0 Å². The van der Waals surface area contributed by atoms with Crippen LogP contribution in [0.5, 0.6) is 0 Å². The third kappa shape index (κ3) is 10.4. The smallest absolute Gasteiger partial charge is 0.238 e. The van der Waals surface area contributed by atoms with Crippen molar-refractivity contribution in [3.05, 3.63) is 60.1 Å². The molecule has 2 aromatic rings. The van der Waals surface area contributed by atoms with Crippen molar-refractivity contribution in [3.8, 4) is 0 Å². The van der Waals surface area contributed by atoms with Crippen molar-refractivity contribution in [2.75, 3.05) is 32.6 Å². The molecule has 0 aliphatic heterocycles. The largest absolute Gasteiger partial charge is 0.467 e. The summed E-state index contributed by atoms with van der Waals surface area (Å²) in [5, 5.41) is 0. The van der Waals surface area contributed by atoms with E-state index in [0.717, 1.165) is 31.2 Å². The van der Waals surface area contributed by atoms with Gasteiger partial charge in [0.1, 0.15) is 5.76 Å². The fourth-order valence-electron chi connectivity index (χ4n) is 3.77. The first-order chi connectivity index (χ1) is 16.5. The zero-order valence-electron chi connectivity index (χ0n) is 20.7. The number of carbonyl (C=O) groups is 1. The number of amides is 1. The summed E-state index contributed by atoms with van der Waals surface area (Å²) < 4.78 is 38.2. The van der Waals surface area contributed by atoms with Crippen LogP contribution in [-0.2, 0) is 32.6 Å². The van der Waals surface area contributed by atoms with E-state index in [4.69, 9.17) is 9.15 Å². The molecule has 0 aliphatic carbocycles. The number of carbonyl (C=O) groups excluding carboxylic acids is 1. The standard InChI is InChI=1S/C26H40N2O5S/c1-3-4-5-6-7-11-20-34(30,31)28(17-13-18-32-2)23-26(29)27(22-25-16-12-19-33-25)21-24-14-9-8-10-15-24/h8-10,12,14-16,19H,3-7,11,13,17-18,20-23H2,1-2H3. The van der Waals surface area contributed by atoms with Gasteiger partial charge in [-0.25, -0.2) is 8.42 Å². The molecule has 1 aromatic carbocycles. The van der Waals surface area contributed by atoms with Crippen molar-refractivity contribution < 1.29 is 22.4 Å². The molecular weight excluding hydrogens is 452 g/mol. The highest BCUT2D eigenvalue weighted by Crippen LogP contribution is 2.14. The molecule has 0 spiro atoms. The van der Waals surface area contributed by atoms with Crippen LogP contribution in [0.2, 0.25) is 0 Å². The highest BCUT2D eigenvalue weighted by molar-refractivity contribution is 7.89. The Morgan fingerprint density at radius 1 is 0.941 bits per heavy atom. The minimum absolute atomic E-state index is 0.0657. The Morgan fingerprint density at radius 2 is 1.68 bits per heavy atom. The number of methoxy groups -OCH3 is 1. The van der Waals surface area contributed by atoms with E-state index in [0.29, 0.717) is 31.8 Å². The monoisotopic (exact) mass is 492 g/mol. The van der Waals surface area contributed by atoms with E-state index in [2.05, 4.69) is 6.92 Å². The van der Waals surface area contributed by atoms with Crippen LogP contribution >= 0.6 is 0 Å². The average molecular weight is 493 g/mol. The molecule has 1 aromatic heterocycles. The molecule has 0 saturated carbocycles. The Hall–Kier alpha value is -2.16. The van der Waals surface area contributed by atoms with Gasteiger partial charge < -0.3 is 14.1 Å². The van der Waals surface area contributed by atoms with Crippen LogP contribution in [0.1, 0.15) is 63.2 Å². The molecule has 2 rings (SSSR count). The highest BCUT2D eigenvalue weighted by atomic mass is 32.2. The van der Waals surface area contributed by atoms with Gasteiger partial charge in [0.05, 0.1) is 25.1 Å². The molecule has 1 amide bonds. The Kier molecular flexibility index (Phi) is 13.0. The van der Waals surface area contributed by atoms with Gasteiger partial charge in [0, 0.05) is 26.8 Å². The summed E-state index contributed by atoms with van der Waals surface area (Å²) in [4.78, 5) is 15.0. The molecule has 0 saturated heterocycles. The van der Waals surface area contributed by atoms with Crippen molar-refractivity contribution in [1.29, 1.82) is 0 Å². The first-order valence-electron chi connectivity index (χ1n) is 12.3. The summed E-state index contributed by atoms with van der Waals surface area (Å²) in [6.07, 6.45) is 8.12. The van der Waals surface area contributed by atoms with Crippen LogP contribution in [0.25, 0.3) is 0 Å². The second kappa shape index (κ2) is 15.7. The molecule has 0 atom stereocenters. The van der Waals surface area contributed by atoms with Crippen molar-refractivity contribution in [2.45, 2.75) is 65.0 Å². The first kappa shape index (κ1) is 28.1. The minimum Gasteiger partial charge on any atom is -0.467 e. The van der Waals surface area contributed by atoms with Crippen LogP contribution in [0.3, 0.4) is 0 Å². The molecule has 0 radical (unpaired) electrons.